The van der Waals surface area contributed by atoms with Gasteiger partial charge in [-0.05, 0) is 48.3 Å². The van der Waals surface area contributed by atoms with Crippen molar-refractivity contribution in [3.63, 3.8) is 0 Å². The van der Waals surface area contributed by atoms with Crippen LogP contribution in [0.2, 0.25) is 0 Å². The number of urea groups is 2. The van der Waals surface area contributed by atoms with Crippen LogP contribution in [0.4, 0.5) is 21.0 Å². The minimum atomic E-state index is -0.672. The summed E-state index contributed by atoms with van der Waals surface area (Å²) in [5.74, 6) is 0.244. The third-order valence-electron chi connectivity index (χ3n) is 5.06. The minimum Gasteiger partial charge on any atom is -0.354 e. The lowest BCUT2D eigenvalue weighted by Crippen LogP contribution is -2.49. The highest BCUT2D eigenvalue weighted by Gasteiger charge is 2.22. The van der Waals surface area contributed by atoms with Gasteiger partial charge in [0.2, 0.25) is 5.91 Å². The Kier molecular flexibility index (Phi) is 13.9. The van der Waals surface area contributed by atoms with E-state index in [0.717, 1.165) is 0 Å². The molecule has 38 heavy (non-hydrogen) atoms. The summed E-state index contributed by atoms with van der Waals surface area (Å²) in [6, 6.07) is 4.80. The number of nitrogens with one attached hydrogen (secondary N) is 6. The molecule has 10 nitrogen and oxygen atoms in total. The molecule has 0 saturated carbocycles. The summed E-state index contributed by atoms with van der Waals surface area (Å²) in [5.41, 5.74) is 1.01. The molecule has 10 heteroatoms. The lowest BCUT2D eigenvalue weighted by Gasteiger charge is -2.21. The molecular weight excluding hydrogens is 484 g/mol. The number of benzene rings is 1. The van der Waals surface area contributed by atoms with E-state index in [2.05, 4.69) is 31.9 Å². The molecule has 6 N–H and O–H groups in total. The first-order valence-corrected chi connectivity index (χ1v) is 13.3. The average molecular weight is 531 g/mol. The van der Waals surface area contributed by atoms with E-state index in [4.69, 9.17) is 0 Å². The smallest absolute Gasteiger partial charge is 0.323 e. The van der Waals surface area contributed by atoms with Gasteiger partial charge < -0.3 is 31.9 Å². The Morgan fingerprint density at radius 2 is 1.32 bits per heavy atom. The maximum absolute atomic E-state index is 12.7. The summed E-state index contributed by atoms with van der Waals surface area (Å²) in [6.45, 7) is 16.8. The number of rotatable bonds is 13. The van der Waals surface area contributed by atoms with Crippen LogP contribution in [0.3, 0.4) is 0 Å². The average Bonchev–Trinajstić information content (AvgIpc) is 2.79. The standard InChI is InChI=1S/C28H46N6O4/c1-17(2)12-23(25(35)29-15-19(5)6)33-27(37)31-21-10-9-11-22(14-21)32-28(38)34-24(13-18(3)4)26(36)30-16-20(7)8/h9-12,14,17-20,24H,13,15-16H2,1-8H3,(H,29,35)(H,30,36)(H2,31,33,37)(H2,32,34,38)/b23-12+/t24-/m0/s1. The molecule has 1 atom stereocenters. The summed E-state index contributed by atoms with van der Waals surface area (Å²) in [7, 11) is 0. The van der Waals surface area contributed by atoms with E-state index in [1.165, 1.54) is 0 Å². The van der Waals surface area contributed by atoms with Crippen LogP contribution in [-0.2, 0) is 9.59 Å². The molecule has 0 bridgehead atoms. The third kappa shape index (κ3) is 13.7. The van der Waals surface area contributed by atoms with Gasteiger partial charge in [0.1, 0.15) is 11.7 Å². The van der Waals surface area contributed by atoms with E-state index in [-0.39, 0.29) is 35.3 Å². The summed E-state index contributed by atoms with van der Waals surface area (Å²) >= 11 is 0. The molecule has 0 heterocycles. The molecule has 0 aromatic heterocycles. The van der Waals surface area contributed by atoms with Gasteiger partial charge in [0.25, 0.3) is 5.91 Å². The molecule has 0 aliphatic heterocycles. The van der Waals surface area contributed by atoms with Crippen molar-refractivity contribution >= 4 is 35.3 Å². The molecule has 0 spiro atoms. The second-order valence-electron chi connectivity index (χ2n) is 11.0. The van der Waals surface area contributed by atoms with Crippen LogP contribution < -0.4 is 31.9 Å². The highest BCUT2D eigenvalue weighted by atomic mass is 16.2. The van der Waals surface area contributed by atoms with Crippen LogP contribution in [0.1, 0.15) is 61.8 Å². The van der Waals surface area contributed by atoms with Crippen molar-refractivity contribution in [1.29, 1.82) is 0 Å². The van der Waals surface area contributed by atoms with Crippen molar-refractivity contribution in [1.82, 2.24) is 21.3 Å². The van der Waals surface area contributed by atoms with Gasteiger partial charge in [-0.3, -0.25) is 9.59 Å². The van der Waals surface area contributed by atoms with Gasteiger partial charge in [-0.1, -0.05) is 67.5 Å². The van der Waals surface area contributed by atoms with Crippen LogP contribution in [0.25, 0.3) is 0 Å². The van der Waals surface area contributed by atoms with Gasteiger partial charge in [0, 0.05) is 24.5 Å². The van der Waals surface area contributed by atoms with E-state index < -0.39 is 18.1 Å². The molecule has 1 rings (SSSR count). The lowest BCUT2D eigenvalue weighted by atomic mass is 10.0. The topological polar surface area (TPSA) is 140 Å². The largest absolute Gasteiger partial charge is 0.354 e. The van der Waals surface area contributed by atoms with Crippen LogP contribution in [-0.4, -0.2) is 43.0 Å². The monoisotopic (exact) mass is 530 g/mol. The lowest BCUT2D eigenvalue weighted by molar-refractivity contribution is -0.123. The first kappa shape index (κ1) is 32.5. The first-order valence-electron chi connectivity index (χ1n) is 13.3. The molecule has 0 unspecified atom stereocenters. The van der Waals surface area contributed by atoms with Gasteiger partial charge in [-0.15, -0.1) is 0 Å². The fraction of sp³-hybridized carbons (Fsp3) is 0.571. The van der Waals surface area contributed by atoms with E-state index in [1.54, 1.807) is 30.3 Å². The van der Waals surface area contributed by atoms with Gasteiger partial charge >= 0.3 is 12.1 Å². The van der Waals surface area contributed by atoms with E-state index in [0.29, 0.717) is 36.8 Å². The van der Waals surface area contributed by atoms with Crippen LogP contribution in [0.5, 0.6) is 0 Å². The Labute approximate surface area is 227 Å². The summed E-state index contributed by atoms with van der Waals surface area (Å²) in [6.07, 6.45) is 2.18. The number of allylic oxidation sites excluding steroid dienone is 1. The second-order valence-corrected chi connectivity index (χ2v) is 11.0. The van der Waals surface area contributed by atoms with Gasteiger partial charge in [0.15, 0.2) is 0 Å². The predicted octanol–water partition coefficient (Wildman–Crippen LogP) is 4.43. The first-order chi connectivity index (χ1) is 17.8. The van der Waals surface area contributed by atoms with Crippen LogP contribution >= 0.6 is 0 Å². The molecule has 0 aliphatic rings. The number of amides is 6. The van der Waals surface area contributed by atoms with Gasteiger partial charge in [0.05, 0.1) is 0 Å². The molecule has 0 aliphatic carbocycles. The molecule has 1 aromatic rings. The highest BCUT2D eigenvalue weighted by Crippen LogP contribution is 2.16. The SMILES string of the molecule is CC(C)/C=C(/NC(=O)Nc1cccc(NC(=O)N[C@@H](CC(C)C)C(=O)NCC(C)C)c1)C(=O)NCC(C)C. The Balaban J connectivity index is 2.82. The van der Waals surface area contributed by atoms with Crippen LogP contribution in [0.15, 0.2) is 36.0 Å². The molecule has 212 valence electrons. The molecular formula is C28H46N6O4. The molecule has 1 aromatic carbocycles. The number of carbonyl (C=O) groups is 4. The van der Waals surface area contributed by atoms with Gasteiger partial charge in [-0.25, -0.2) is 9.59 Å². The third-order valence-corrected chi connectivity index (χ3v) is 5.06. The zero-order chi connectivity index (χ0) is 28.8. The van der Waals surface area contributed by atoms with Crippen LogP contribution in [0, 0.1) is 23.7 Å². The summed E-state index contributed by atoms with van der Waals surface area (Å²) in [4.78, 5) is 50.4. The van der Waals surface area contributed by atoms with Gasteiger partial charge in [-0.2, -0.15) is 0 Å². The molecule has 6 amide bonds. The number of hydrogen-bond acceptors (Lipinski definition) is 4. The second kappa shape index (κ2) is 16.3. The number of carbonyl (C=O) groups excluding carboxylic acids is 4. The quantitative estimate of drug-likeness (QED) is 0.210. The van der Waals surface area contributed by atoms with Crippen molar-refractivity contribution in [2.75, 3.05) is 23.7 Å². The fourth-order valence-electron chi connectivity index (χ4n) is 3.32. The van der Waals surface area contributed by atoms with Crippen molar-refractivity contribution < 1.29 is 19.2 Å². The predicted molar refractivity (Wildman–Crippen MR) is 153 cm³/mol. The van der Waals surface area contributed by atoms with Crippen molar-refractivity contribution in [2.24, 2.45) is 23.7 Å². The Hall–Kier alpha value is -3.56. The van der Waals surface area contributed by atoms with E-state index in [9.17, 15) is 19.2 Å². The Morgan fingerprint density at radius 3 is 1.84 bits per heavy atom. The maximum Gasteiger partial charge on any atom is 0.323 e. The summed E-state index contributed by atoms with van der Waals surface area (Å²) in [5, 5.41) is 16.4. The van der Waals surface area contributed by atoms with Crippen molar-refractivity contribution in [3.05, 3.63) is 36.0 Å². The Bertz CT molecular complexity index is 972. The fourth-order valence-corrected chi connectivity index (χ4v) is 3.32. The maximum atomic E-state index is 12.7. The zero-order valence-corrected chi connectivity index (χ0v) is 24.0. The zero-order valence-electron chi connectivity index (χ0n) is 24.0. The highest BCUT2D eigenvalue weighted by molar-refractivity contribution is 6.01. The number of hydrogen-bond donors (Lipinski definition) is 6. The Morgan fingerprint density at radius 1 is 0.763 bits per heavy atom. The van der Waals surface area contributed by atoms with Crippen molar-refractivity contribution in [2.45, 2.75) is 67.9 Å². The molecule has 0 saturated heterocycles. The summed E-state index contributed by atoms with van der Waals surface area (Å²) < 4.78 is 0. The molecule has 0 fully saturated rings. The number of anilines is 2. The molecule has 0 radical (unpaired) electrons. The normalized spacial score (nSPS) is 12.4. The van der Waals surface area contributed by atoms with E-state index in [1.807, 2.05) is 55.4 Å². The van der Waals surface area contributed by atoms with Crippen molar-refractivity contribution in [3.8, 4) is 0 Å². The van der Waals surface area contributed by atoms with E-state index >= 15 is 0 Å². The minimum absolute atomic E-state index is 0.0492.